The van der Waals surface area contributed by atoms with E-state index in [0.29, 0.717) is 5.92 Å². The molecular weight excluding hydrogens is 328 g/mol. The number of thiazole rings is 1. The molecule has 1 unspecified atom stereocenters. The van der Waals surface area contributed by atoms with Gasteiger partial charge < -0.3 is 9.64 Å². The molecule has 0 radical (unpaired) electrons. The zero-order chi connectivity index (χ0) is 16.4. The van der Waals surface area contributed by atoms with Crippen LogP contribution < -0.4 is 0 Å². The molecule has 1 aliphatic heterocycles. The highest BCUT2D eigenvalue weighted by molar-refractivity contribution is 8.01. The lowest BCUT2D eigenvalue weighted by molar-refractivity contribution is 0.0289. The summed E-state index contributed by atoms with van der Waals surface area (Å²) in [7, 11) is 0. The first kappa shape index (κ1) is 16.6. The Morgan fingerprint density at radius 2 is 2.22 bits per heavy atom. The molecule has 1 aliphatic rings. The minimum atomic E-state index is -0.426. The normalized spacial score (nSPS) is 18.6. The van der Waals surface area contributed by atoms with Crippen LogP contribution in [0.25, 0.3) is 10.2 Å². The summed E-state index contributed by atoms with van der Waals surface area (Å²) in [6, 6.07) is 8.23. The smallest absolute Gasteiger partial charge is 0.410 e. The summed E-state index contributed by atoms with van der Waals surface area (Å²) in [4.78, 5) is 18.6. The number of thioether (sulfide) groups is 1. The largest absolute Gasteiger partial charge is 0.444 e. The minimum Gasteiger partial charge on any atom is -0.444 e. The summed E-state index contributed by atoms with van der Waals surface area (Å²) >= 11 is 3.54. The lowest BCUT2D eigenvalue weighted by Crippen LogP contribution is -2.35. The van der Waals surface area contributed by atoms with Gasteiger partial charge in [-0.1, -0.05) is 23.9 Å². The van der Waals surface area contributed by atoms with Crippen molar-refractivity contribution >= 4 is 39.4 Å². The van der Waals surface area contributed by atoms with Gasteiger partial charge in [0, 0.05) is 18.8 Å². The van der Waals surface area contributed by atoms with E-state index in [9.17, 15) is 4.79 Å². The first-order chi connectivity index (χ1) is 10.9. The minimum absolute atomic E-state index is 0.190. The number of benzene rings is 1. The monoisotopic (exact) mass is 350 g/mol. The molecule has 0 aliphatic carbocycles. The van der Waals surface area contributed by atoms with Gasteiger partial charge in [-0.05, 0) is 45.2 Å². The summed E-state index contributed by atoms with van der Waals surface area (Å²) in [5.74, 6) is 1.51. The molecule has 1 saturated heterocycles. The van der Waals surface area contributed by atoms with E-state index in [0.717, 1.165) is 35.1 Å². The Bertz CT molecular complexity index is 660. The Balaban J connectivity index is 1.51. The summed E-state index contributed by atoms with van der Waals surface area (Å²) < 4.78 is 7.79. The third-order valence-corrected chi connectivity index (χ3v) is 6.07. The maximum atomic E-state index is 12.1. The highest BCUT2D eigenvalue weighted by atomic mass is 32.2. The van der Waals surface area contributed by atoms with E-state index in [-0.39, 0.29) is 6.09 Å². The standard InChI is InChI=1S/C17H22N2O2S2/c1-17(2,3)21-16(20)19-9-8-12(10-19)11-22-15-18-13-6-4-5-7-14(13)23-15/h4-7,12H,8-11H2,1-3H3. The van der Waals surface area contributed by atoms with Crippen LogP contribution in [-0.4, -0.2) is 40.4 Å². The first-order valence-corrected chi connectivity index (χ1v) is 9.67. The Labute approximate surface area is 145 Å². The van der Waals surface area contributed by atoms with Crippen LogP contribution in [-0.2, 0) is 4.74 Å². The Morgan fingerprint density at radius 3 is 2.96 bits per heavy atom. The van der Waals surface area contributed by atoms with Gasteiger partial charge in [-0.25, -0.2) is 9.78 Å². The van der Waals surface area contributed by atoms with Crippen molar-refractivity contribution in [3.8, 4) is 0 Å². The van der Waals surface area contributed by atoms with Gasteiger partial charge in [-0.15, -0.1) is 11.3 Å². The van der Waals surface area contributed by atoms with Crippen LogP contribution in [0.4, 0.5) is 4.79 Å². The Kier molecular flexibility index (Phi) is 4.82. The highest BCUT2D eigenvalue weighted by Crippen LogP contribution is 2.32. The van der Waals surface area contributed by atoms with Gasteiger partial charge in [0.05, 0.1) is 10.2 Å². The van der Waals surface area contributed by atoms with Gasteiger partial charge in [0.2, 0.25) is 0 Å². The van der Waals surface area contributed by atoms with Gasteiger partial charge in [0.15, 0.2) is 4.34 Å². The van der Waals surface area contributed by atoms with Crippen LogP contribution in [0.5, 0.6) is 0 Å². The van der Waals surface area contributed by atoms with Gasteiger partial charge in [-0.3, -0.25) is 0 Å². The zero-order valence-electron chi connectivity index (χ0n) is 13.7. The summed E-state index contributed by atoms with van der Waals surface area (Å²) in [6.07, 6.45) is 0.849. The molecule has 124 valence electrons. The molecule has 0 saturated carbocycles. The highest BCUT2D eigenvalue weighted by Gasteiger charge is 2.29. The molecule has 0 bridgehead atoms. The van der Waals surface area contributed by atoms with Crippen LogP contribution in [0.2, 0.25) is 0 Å². The van der Waals surface area contributed by atoms with E-state index in [4.69, 9.17) is 4.74 Å². The summed E-state index contributed by atoms with van der Waals surface area (Å²) in [5.41, 5.74) is 0.645. The van der Waals surface area contributed by atoms with Gasteiger partial charge in [-0.2, -0.15) is 0 Å². The fourth-order valence-corrected chi connectivity index (χ4v) is 4.78. The van der Waals surface area contributed by atoms with Crippen molar-refractivity contribution in [1.82, 2.24) is 9.88 Å². The third-order valence-electron chi connectivity index (χ3n) is 3.65. The molecule has 0 spiro atoms. The van der Waals surface area contributed by atoms with Crippen molar-refractivity contribution in [2.24, 2.45) is 5.92 Å². The number of fused-ring (bicyclic) bond motifs is 1. The maximum Gasteiger partial charge on any atom is 0.410 e. The molecule has 1 fully saturated rings. The molecule has 1 aromatic carbocycles. The van der Waals surface area contributed by atoms with E-state index >= 15 is 0 Å². The topological polar surface area (TPSA) is 42.4 Å². The zero-order valence-corrected chi connectivity index (χ0v) is 15.4. The average Bonchev–Trinajstić information content (AvgIpc) is 3.09. The van der Waals surface area contributed by atoms with E-state index in [1.165, 1.54) is 4.70 Å². The van der Waals surface area contributed by atoms with Crippen LogP contribution >= 0.6 is 23.1 Å². The number of hydrogen-bond acceptors (Lipinski definition) is 5. The average molecular weight is 351 g/mol. The fraction of sp³-hybridized carbons (Fsp3) is 0.529. The number of likely N-dealkylation sites (tertiary alicyclic amines) is 1. The summed E-state index contributed by atoms with van der Waals surface area (Å²) in [5, 5.41) is 0. The van der Waals surface area contributed by atoms with Crippen molar-refractivity contribution in [3.63, 3.8) is 0 Å². The van der Waals surface area contributed by atoms with Crippen molar-refractivity contribution in [2.45, 2.75) is 37.1 Å². The van der Waals surface area contributed by atoms with E-state index < -0.39 is 5.60 Å². The molecular formula is C17H22N2O2S2. The van der Waals surface area contributed by atoms with Gasteiger partial charge in [0.1, 0.15) is 5.60 Å². The Hall–Kier alpha value is -1.27. The molecule has 3 rings (SSSR count). The number of ether oxygens (including phenoxy) is 1. The van der Waals surface area contributed by atoms with Crippen molar-refractivity contribution < 1.29 is 9.53 Å². The molecule has 2 aromatic rings. The number of carbonyl (C=O) groups is 1. The molecule has 2 heterocycles. The number of carbonyl (C=O) groups excluding carboxylic acids is 1. The molecule has 1 amide bonds. The van der Waals surface area contributed by atoms with Crippen LogP contribution in [0.1, 0.15) is 27.2 Å². The van der Waals surface area contributed by atoms with Gasteiger partial charge >= 0.3 is 6.09 Å². The van der Waals surface area contributed by atoms with Crippen LogP contribution in [0.3, 0.4) is 0 Å². The molecule has 4 nitrogen and oxygen atoms in total. The molecule has 1 aromatic heterocycles. The quantitative estimate of drug-likeness (QED) is 0.756. The number of amides is 1. The van der Waals surface area contributed by atoms with Crippen molar-refractivity contribution in [3.05, 3.63) is 24.3 Å². The second kappa shape index (κ2) is 6.69. The van der Waals surface area contributed by atoms with E-state index in [1.807, 2.05) is 37.8 Å². The molecule has 23 heavy (non-hydrogen) atoms. The number of hydrogen-bond donors (Lipinski definition) is 0. The predicted octanol–water partition coefficient (Wildman–Crippen LogP) is 4.65. The predicted molar refractivity (Wildman–Crippen MR) is 96.3 cm³/mol. The number of rotatable bonds is 3. The maximum absolute atomic E-state index is 12.1. The van der Waals surface area contributed by atoms with E-state index in [1.54, 1.807) is 23.1 Å². The van der Waals surface area contributed by atoms with Gasteiger partial charge in [0.25, 0.3) is 0 Å². The molecule has 1 atom stereocenters. The fourth-order valence-electron chi connectivity index (χ4n) is 2.56. The first-order valence-electron chi connectivity index (χ1n) is 7.87. The lowest BCUT2D eigenvalue weighted by atomic mass is 10.2. The van der Waals surface area contributed by atoms with Crippen molar-refractivity contribution in [1.29, 1.82) is 0 Å². The lowest BCUT2D eigenvalue weighted by Gasteiger charge is -2.24. The third kappa shape index (κ3) is 4.38. The van der Waals surface area contributed by atoms with Crippen LogP contribution in [0, 0.1) is 5.92 Å². The molecule has 0 N–H and O–H groups in total. The number of nitrogens with zero attached hydrogens (tertiary/aromatic N) is 2. The molecule has 6 heteroatoms. The number of aromatic nitrogens is 1. The Morgan fingerprint density at radius 1 is 1.43 bits per heavy atom. The second-order valence-corrected chi connectivity index (χ2v) is 9.14. The SMILES string of the molecule is CC(C)(C)OC(=O)N1CCC(CSc2nc3ccccc3s2)C1. The van der Waals surface area contributed by atoms with Crippen molar-refractivity contribution in [2.75, 3.05) is 18.8 Å². The van der Waals surface area contributed by atoms with Crippen LogP contribution in [0.15, 0.2) is 28.6 Å². The second-order valence-electron chi connectivity index (χ2n) is 6.84. The number of para-hydroxylation sites is 1. The summed E-state index contributed by atoms with van der Waals surface area (Å²) in [6.45, 7) is 7.29. The van der Waals surface area contributed by atoms with E-state index in [2.05, 4.69) is 17.1 Å².